The van der Waals surface area contributed by atoms with Gasteiger partial charge in [0.1, 0.15) is 24.3 Å². The quantitative estimate of drug-likeness (QED) is 0.900. The topological polar surface area (TPSA) is 56.8 Å². The molecule has 0 aliphatic carbocycles. The van der Waals surface area contributed by atoms with Gasteiger partial charge in [-0.15, -0.1) is 0 Å². The van der Waals surface area contributed by atoms with Gasteiger partial charge in [-0.25, -0.2) is 4.39 Å². The number of rotatable bonds is 5. The number of fused-ring (bicyclic) bond motifs is 1. The third-order valence-electron chi connectivity index (χ3n) is 3.36. The van der Waals surface area contributed by atoms with Crippen molar-refractivity contribution in [1.29, 1.82) is 0 Å². The Bertz CT molecular complexity index is 740. The summed E-state index contributed by atoms with van der Waals surface area (Å²) in [5, 5.41) is 2.65. The molecule has 0 radical (unpaired) electrons. The number of hydrogen-bond acceptors (Lipinski definition) is 4. The fourth-order valence-electron chi connectivity index (χ4n) is 2.16. The molecular formula is C17H15ClFNO4. The van der Waals surface area contributed by atoms with E-state index in [4.69, 9.17) is 25.8 Å². The molecule has 0 saturated heterocycles. The second kappa shape index (κ2) is 7.40. The summed E-state index contributed by atoms with van der Waals surface area (Å²) in [4.78, 5) is 11.8. The third kappa shape index (κ3) is 4.08. The number of benzene rings is 2. The zero-order valence-corrected chi connectivity index (χ0v) is 13.4. The van der Waals surface area contributed by atoms with E-state index in [9.17, 15) is 9.18 Å². The lowest BCUT2D eigenvalue weighted by molar-refractivity contribution is -0.123. The van der Waals surface area contributed by atoms with Gasteiger partial charge in [-0.2, -0.15) is 0 Å². The second-order valence-electron chi connectivity index (χ2n) is 5.17. The van der Waals surface area contributed by atoms with E-state index in [1.807, 2.05) is 24.3 Å². The average molecular weight is 352 g/mol. The Balaban J connectivity index is 1.44. The van der Waals surface area contributed by atoms with Gasteiger partial charge in [-0.05, 0) is 24.3 Å². The summed E-state index contributed by atoms with van der Waals surface area (Å²) in [6, 6.07) is 11.3. The summed E-state index contributed by atoms with van der Waals surface area (Å²) in [7, 11) is 0. The fraction of sp³-hybridized carbons (Fsp3) is 0.235. The van der Waals surface area contributed by atoms with Crippen molar-refractivity contribution in [2.45, 2.75) is 6.10 Å². The third-order valence-corrected chi connectivity index (χ3v) is 3.65. The highest BCUT2D eigenvalue weighted by Gasteiger charge is 2.21. The Labute approximate surface area is 143 Å². The number of carbonyl (C=O) groups is 1. The van der Waals surface area contributed by atoms with Gasteiger partial charge in [0.2, 0.25) is 0 Å². The van der Waals surface area contributed by atoms with Gasteiger partial charge in [0.15, 0.2) is 18.1 Å². The van der Waals surface area contributed by atoms with Crippen molar-refractivity contribution in [2.24, 2.45) is 0 Å². The van der Waals surface area contributed by atoms with Crippen molar-refractivity contribution in [2.75, 3.05) is 19.8 Å². The number of para-hydroxylation sites is 2. The van der Waals surface area contributed by atoms with Crippen LogP contribution in [-0.2, 0) is 4.79 Å². The number of ether oxygens (including phenoxy) is 3. The molecule has 7 heteroatoms. The molecule has 3 rings (SSSR count). The van der Waals surface area contributed by atoms with Crippen LogP contribution < -0.4 is 19.5 Å². The van der Waals surface area contributed by atoms with Crippen molar-refractivity contribution in [3.05, 3.63) is 53.3 Å². The lowest BCUT2D eigenvalue weighted by atomic mass is 10.2. The lowest BCUT2D eigenvalue weighted by Gasteiger charge is -2.26. The molecule has 1 amide bonds. The normalized spacial score (nSPS) is 15.7. The van der Waals surface area contributed by atoms with Gasteiger partial charge >= 0.3 is 0 Å². The molecule has 0 unspecified atom stereocenters. The summed E-state index contributed by atoms with van der Waals surface area (Å²) in [6.07, 6.45) is -0.274. The van der Waals surface area contributed by atoms with Crippen LogP contribution in [0.15, 0.2) is 42.5 Å². The zero-order chi connectivity index (χ0) is 16.9. The van der Waals surface area contributed by atoms with E-state index in [2.05, 4.69) is 5.32 Å². The molecule has 1 heterocycles. The maximum absolute atomic E-state index is 13.0. The molecule has 2 aromatic carbocycles. The van der Waals surface area contributed by atoms with Crippen LogP contribution in [0, 0.1) is 5.82 Å². The standard InChI is InChI=1S/C17H15ClFNO4/c18-13-7-11(5-6-14(13)19)22-10-17(21)20-8-12-9-23-15-3-1-2-4-16(15)24-12/h1-7,12H,8-10H2,(H,20,21)/t12-/m0/s1. The molecule has 5 nitrogen and oxygen atoms in total. The van der Waals surface area contributed by atoms with Crippen molar-refractivity contribution in [3.63, 3.8) is 0 Å². The minimum absolute atomic E-state index is 0.0562. The molecule has 1 atom stereocenters. The number of carbonyl (C=O) groups excluding carboxylic acids is 1. The van der Waals surface area contributed by atoms with E-state index in [1.54, 1.807) is 0 Å². The van der Waals surface area contributed by atoms with Gasteiger partial charge in [0.25, 0.3) is 5.91 Å². The predicted octanol–water partition coefficient (Wildman–Crippen LogP) is 2.81. The predicted molar refractivity (Wildman–Crippen MR) is 86.3 cm³/mol. The molecule has 1 aliphatic rings. The summed E-state index contributed by atoms with van der Waals surface area (Å²) in [5.41, 5.74) is 0. The van der Waals surface area contributed by atoms with E-state index in [1.165, 1.54) is 18.2 Å². The number of hydrogen-bond donors (Lipinski definition) is 1. The van der Waals surface area contributed by atoms with E-state index in [-0.39, 0.29) is 23.6 Å². The van der Waals surface area contributed by atoms with Crippen LogP contribution in [0.4, 0.5) is 4.39 Å². The molecule has 1 N–H and O–H groups in total. The molecule has 0 bridgehead atoms. The molecule has 0 fully saturated rings. The molecule has 24 heavy (non-hydrogen) atoms. The van der Waals surface area contributed by atoms with Crippen LogP contribution in [0.1, 0.15) is 0 Å². The van der Waals surface area contributed by atoms with Crippen LogP contribution in [0.3, 0.4) is 0 Å². The van der Waals surface area contributed by atoms with Crippen molar-refractivity contribution >= 4 is 17.5 Å². The Hall–Kier alpha value is -2.47. The Morgan fingerprint density at radius 1 is 1.29 bits per heavy atom. The van der Waals surface area contributed by atoms with Crippen LogP contribution >= 0.6 is 11.6 Å². The highest BCUT2D eigenvalue weighted by molar-refractivity contribution is 6.30. The van der Waals surface area contributed by atoms with E-state index >= 15 is 0 Å². The minimum Gasteiger partial charge on any atom is -0.486 e. The van der Waals surface area contributed by atoms with Gasteiger partial charge in [0, 0.05) is 6.07 Å². The molecule has 0 spiro atoms. The van der Waals surface area contributed by atoms with Crippen LogP contribution in [0.2, 0.25) is 5.02 Å². The Morgan fingerprint density at radius 2 is 2.08 bits per heavy atom. The first kappa shape index (κ1) is 16.4. The maximum atomic E-state index is 13.0. The van der Waals surface area contributed by atoms with Crippen LogP contribution in [-0.4, -0.2) is 31.8 Å². The summed E-state index contributed by atoms with van der Waals surface area (Å²) < 4.78 is 29.6. The number of halogens is 2. The summed E-state index contributed by atoms with van der Waals surface area (Å²) in [5.74, 6) is 0.806. The number of nitrogens with one attached hydrogen (secondary N) is 1. The highest BCUT2D eigenvalue weighted by atomic mass is 35.5. The van der Waals surface area contributed by atoms with Crippen LogP contribution in [0.25, 0.3) is 0 Å². The maximum Gasteiger partial charge on any atom is 0.258 e. The lowest BCUT2D eigenvalue weighted by Crippen LogP contribution is -2.42. The average Bonchev–Trinajstić information content (AvgIpc) is 2.60. The number of amides is 1. The first-order valence-corrected chi connectivity index (χ1v) is 7.72. The molecule has 2 aromatic rings. The van der Waals surface area contributed by atoms with Crippen molar-refractivity contribution < 1.29 is 23.4 Å². The first-order chi connectivity index (χ1) is 11.6. The second-order valence-corrected chi connectivity index (χ2v) is 5.57. The van der Waals surface area contributed by atoms with Gasteiger partial charge in [-0.1, -0.05) is 23.7 Å². The van der Waals surface area contributed by atoms with E-state index in [0.29, 0.717) is 30.4 Å². The summed E-state index contributed by atoms with van der Waals surface area (Å²) in [6.45, 7) is 0.443. The zero-order valence-electron chi connectivity index (χ0n) is 12.6. The molecular weight excluding hydrogens is 337 g/mol. The highest BCUT2D eigenvalue weighted by Crippen LogP contribution is 2.30. The monoisotopic (exact) mass is 351 g/mol. The SMILES string of the molecule is O=C(COc1ccc(F)c(Cl)c1)NC[C@H]1COc2ccccc2O1. The van der Waals surface area contributed by atoms with E-state index in [0.717, 1.165) is 0 Å². The fourth-order valence-corrected chi connectivity index (χ4v) is 2.33. The molecule has 0 aromatic heterocycles. The van der Waals surface area contributed by atoms with E-state index < -0.39 is 5.82 Å². The smallest absolute Gasteiger partial charge is 0.258 e. The minimum atomic E-state index is -0.539. The molecule has 0 saturated carbocycles. The molecule has 1 aliphatic heterocycles. The Kier molecular flexibility index (Phi) is 5.05. The van der Waals surface area contributed by atoms with Crippen molar-refractivity contribution in [1.82, 2.24) is 5.32 Å². The van der Waals surface area contributed by atoms with Gasteiger partial charge in [0.05, 0.1) is 11.6 Å². The van der Waals surface area contributed by atoms with Gasteiger partial charge < -0.3 is 19.5 Å². The largest absolute Gasteiger partial charge is 0.486 e. The Morgan fingerprint density at radius 3 is 2.88 bits per heavy atom. The summed E-state index contributed by atoms with van der Waals surface area (Å²) >= 11 is 5.65. The molecule has 126 valence electrons. The van der Waals surface area contributed by atoms with Crippen LogP contribution in [0.5, 0.6) is 17.2 Å². The first-order valence-electron chi connectivity index (χ1n) is 7.35. The van der Waals surface area contributed by atoms with Crippen molar-refractivity contribution in [3.8, 4) is 17.2 Å². The van der Waals surface area contributed by atoms with Gasteiger partial charge in [-0.3, -0.25) is 4.79 Å².